The number of nitrogens with zero attached hydrogens (tertiary/aromatic N) is 2. The summed E-state index contributed by atoms with van der Waals surface area (Å²) in [6.07, 6.45) is 0. The third-order valence-electron chi connectivity index (χ3n) is 4.93. The molecule has 2 heterocycles. The number of rotatable bonds is 3. The highest BCUT2D eigenvalue weighted by molar-refractivity contribution is 6.41. The Morgan fingerprint density at radius 1 is 0.935 bits per heavy atom. The molecule has 0 fully saturated rings. The van der Waals surface area contributed by atoms with Crippen LogP contribution in [-0.2, 0) is 0 Å². The van der Waals surface area contributed by atoms with Crippen molar-refractivity contribution in [3.63, 3.8) is 0 Å². The quantitative estimate of drug-likeness (QED) is 0.423. The molecule has 4 aromatic rings. The van der Waals surface area contributed by atoms with Crippen LogP contribution in [0.5, 0.6) is 0 Å². The topological polar surface area (TPSA) is 101 Å². The molecule has 5 rings (SSSR count). The second-order valence-electron chi connectivity index (χ2n) is 6.78. The van der Waals surface area contributed by atoms with Gasteiger partial charge in [0.15, 0.2) is 5.58 Å². The van der Waals surface area contributed by atoms with E-state index in [0.717, 1.165) is 4.90 Å². The molecule has 0 saturated carbocycles. The van der Waals surface area contributed by atoms with Gasteiger partial charge in [-0.15, -0.1) is 0 Å². The zero-order chi connectivity index (χ0) is 21.9. The molecule has 3 aromatic carbocycles. The first-order chi connectivity index (χ1) is 14.8. The number of carbonyl (C=O) groups is 3. The monoisotopic (exact) mass is 452 g/mol. The van der Waals surface area contributed by atoms with E-state index < -0.39 is 17.8 Å². The summed E-state index contributed by atoms with van der Waals surface area (Å²) in [6, 6.07) is 13.6. The summed E-state index contributed by atoms with van der Waals surface area (Å²) in [5, 5.41) is 9.77. The Balaban J connectivity index is 1.61. The summed E-state index contributed by atoms with van der Waals surface area (Å²) in [6.45, 7) is 0. The zero-order valence-corrected chi connectivity index (χ0v) is 16.9. The van der Waals surface area contributed by atoms with Crippen molar-refractivity contribution in [1.82, 2.24) is 4.98 Å². The molecule has 7 nitrogen and oxygen atoms in total. The SMILES string of the molecule is O=C(O)c1ccc2c(c1)C(=O)N(c1cccc(-c3nc4cc(Cl)ccc4o3)c1Cl)C2=O. The molecule has 0 atom stereocenters. The number of amides is 2. The Hall–Kier alpha value is -3.68. The lowest BCUT2D eigenvalue weighted by atomic mass is 10.1. The number of hydrogen-bond donors (Lipinski definition) is 1. The number of carbonyl (C=O) groups excluding carboxylic acids is 2. The summed E-state index contributed by atoms with van der Waals surface area (Å²) >= 11 is 12.6. The lowest BCUT2D eigenvalue weighted by molar-refractivity contribution is 0.0696. The number of aromatic nitrogens is 1. The lowest BCUT2D eigenvalue weighted by Crippen LogP contribution is -2.29. The summed E-state index contributed by atoms with van der Waals surface area (Å²) in [7, 11) is 0. The van der Waals surface area contributed by atoms with Crippen LogP contribution < -0.4 is 4.90 Å². The number of anilines is 1. The van der Waals surface area contributed by atoms with E-state index in [1.54, 1.807) is 30.3 Å². The third kappa shape index (κ3) is 2.98. The molecular weight excluding hydrogens is 443 g/mol. The Labute approximate surface area is 184 Å². The lowest BCUT2D eigenvalue weighted by Gasteiger charge is -2.16. The Morgan fingerprint density at radius 3 is 2.48 bits per heavy atom. The van der Waals surface area contributed by atoms with Crippen molar-refractivity contribution in [3.05, 3.63) is 81.3 Å². The van der Waals surface area contributed by atoms with Gasteiger partial charge in [-0.2, -0.15) is 0 Å². The fourth-order valence-electron chi connectivity index (χ4n) is 3.47. The molecule has 0 unspecified atom stereocenters. The Morgan fingerprint density at radius 2 is 1.71 bits per heavy atom. The summed E-state index contributed by atoms with van der Waals surface area (Å²) < 4.78 is 5.76. The van der Waals surface area contributed by atoms with Crippen LogP contribution in [0.1, 0.15) is 31.1 Å². The zero-order valence-electron chi connectivity index (χ0n) is 15.4. The van der Waals surface area contributed by atoms with E-state index in [1.807, 2.05) is 0 Å². The molecule has 0 radical (unpaired) electrons. The van der Waals surface area contributed by atoms with E-state index in [2.05, 4.69) is 4.98 Å². The third-order valence-corrected chi connectivity index (χ3v) is 5.57. The van der Waals surface area contributed by atoms with Gasteiger partial charge in [-0.1, -0.05) is 29.3 Å². The molecule has 0 saturated heterocycles. The van der Waals surface area contributed by atoms with Crippen LogP contribution >= 0.6 is 23.2 Å². The van der Waals surface area contributed by atoms with Gasteiger partial charge in [-0.05, 0) is 48.5 Å². The maximum atomic E-state index is 13.0. The first-order valence-corrected chi connectivity index (χ1v) is 9.72. The van der Waals surface area contributed by atoms with Gasteiger partial charge < -0.3 is 9.52 Å². The molecule has 0 spiro atoms. The molecular formula is C22H10Cl2N2O5. The van der Waals surface area contributed by atoms with Gasteiger partial charge in [0.25, 0.3) is 11.8 Å². The normalized spacial score (nSPS) is 13.2. The van der Waals surface area contributed by atoms with Crippen LogP contribution in [0.25, 0.3) is 22.6 Å². The first kappa shape index (κ1) is 19.3. The number of carboxylic acids is 1. The summed E-state index contributed by atoms with van der Waals surface area (Å²) in [5.74, 6) is -2.25. The molecule has 0 aliphatic carbocycles. The van der Waals surface area contributed by atoms with E-state index in [0.29, 0.717) is 21.7 Å². The molecule has 1 aliphatic heterocycles. The number of halogens is 2. The maximum absolute atomic E-state index is 13.0. The average molecular weight is 453 g/mol. The van der Waals surface area contributed by atoms with Gasteiger partial charge >= 0.3 is 5.97 Å². The highest BCUT2D eigenvalue weighted by Gasteiger charge is 2.38. The number of benzene rings is 3. The molecule has 1 aromatic heterocycles. The molecule has 0 bridgehead atoms. The van der Waals surface area contributed by atoms with Gasteiger partial charge in [-0.3, -0.25) is 9.59 Å². The van der Waals surface area contributed by atoms with Crippen molar-refractivity contribution < 1.29 is 23.9 Å². The van der Waals surface area contributed by atoms with Crippen molar-refractivity contribution >= 4 is 57.8 Å². The van der Waals surface area contributed by atoms with Crippen molar-refractivity contribution in [3.8, 4) is 11.5 Å². The largest absolute Gasteiger partial charge is 0.478 e. The van der Waals surface area contributed by atoms with E-state index in [1.165, 1.54) is 24.3 Å². The van der Waals surface area contributed by atoms with E-state index >= 15 is 0 Å². The number of oxazole rings is 1. The summed E-state index contributed by atoms with van der Waals surface area (Å²) in [5.41, 5.74) is 1.58. The number of aromatic carboxylic acids is 1. The number of hydrogen-bond acceptors (Lipinski definition) is 5. The van der Waals surface area contributed by atoms with Gasteiger partial charge in [-0.25, -0.2) is 14.7 Å². The first-order valence-electron chi connectivity index (χ1n) is 8.96. The van der Waals surface area contributed by atoms with Crippen molar-refractivity contribution in [2.24, 2.45) is 0 Å². The van der Waals surface area contributed by atoms with Gasteiger partial charge in [0.2, 0.25) is 5.89 Å². The molecule has 2 amide bonds. The molecule has 1 N–H and O–H groups in total. The van der Waals surface area contributed by atoms with E-state index in [-0.39, 0.29) is 33.3 Å². The van der Waals surface area contributed by atoms with Gasteiger partial charge in [0.1, 0.15) is 5.52 Å². The Kier molecular flexibility index (Phi) is 4.32. The maximum Gasteiger partial charge on any atom is 0.335 e. The van der Waals surface area contributed by atoms with Crippen LogP contribution in [0, 0.1) is 0 Å². The highest BCUT2D eigenvalue weighted by atomic mass is 35.5. The van der Waals surface area contributed by atoms with Crippen molar-refractivity contribution in [2.75, 3.05) is 4.90 Å². The average Bonchev–Trinajstić information content (AvgIpc) is 3.27. The van der Waals surface area contributed by atoms with Crippen molar-refractivity contribution in [1.29, 1.82) is 0 Å². The minimum Gasteiger partial charge on any atom is -0.478 e. The molecule has 152 valence electrons. The second-order valence-corrected chi connectivity index (χ2v) is 7.60. The summed E-state index contributed by atoms with van der Waals surface area (Å²) in [4.78, 5) is 42.4. The fourth-order valence-corrected chi connectivity index (χ4v) is 3.92. The smallest absolute Gasteiger partial charge is 0.335 e. The fraction of sp³-hybridized carbons (Fsp3) is 0. The predicted molar refractivity (Wildman–Crippen MR) is 114 cm³/mol. The van der Waals surface area contributed by atoms with Crippen LogP contribution in [0.15, 0.2) is 59.0 Å². The molecule has 1 aliphatic rings. The van der Waals surface area contributed by atoms with Crippen LogP contribution in [0.3, 0.4) is 0 Å². The molecule has 9 heteroatoms. The van der Waals surface area contributed by atoms with Crippen molar-refractivity contribution in [2.45, 2.75) is 0 Å². The predicted octanol–water partition coefficient (Wildman–Crippen LogP) is 5.30. The minimum absolute atomic E-state index is 0.00266. The van der Waals surface area contributed by atoms with Crippen LogP contribution in [0.4, 0.5) is 5.69 Å². The van der Waals surface area contributed by atoms with Gasteiger partial charge in [0.05, 0.1) is 33.0 Å². The second kappa shape index (κ2) is 6.94. The van der Waals surface area contributed by atoms with Crippen LogP contribution in [-0.4, -0.2) is 27.9 Å². The number of fused-ring (bicyclic) bond motifs is 2. The number of imide groups is 1. The highest BCUT2D eigenvalue weighted by Crippen LogP contribution is 2.40. The Bertz CT molecular complexity index is 1440. The minimum atomic E-state index is -1.20. The van der Waals surface area contributed by atoms with Gasteiger partial charge in [0, 0.05) is 5.02 Å². The molecule has 31 heavy (non-hydrogen) atoms. The standard InChI is InChI=1S/C22H10Cl2N2O5/c23-11-5-7-17-15(9-11)25-19(31-17)13-2-1-3-16(18(13)24)26-20(27)12-6-4-10(22(29)30)8-14(12)21(26)28/h1-9H,(H,29,30). The van der Waals surface area contributed by atoms with Crippen LogP contribution in [0.2, 0.25) is 10.0 Å². The number of carboxylic acid groups (broad SMARTS) is 1. The van der Waals surface area contributed by atoms with E-state index in [4.69, 9.17) is 27.6 Å². The van der Waals surface area contributed by atoms with E-state index in [9.17, 15) is 19.5 Å².